The van der Waals surface area contributed by atoms with Crippen LogP contribution in [0.3, 0.4) is 0 Å². The minimum Gasteiger partial charge on any atom is -0.404 e. The first-order chi connectivity index (χ1) is 8.56. The number of nitrogens with zero attached hydrogens (tertiary/aromatic N) is 1. The van der Waals surface area contributed by atoms with Crippen LogP contribution in [0.15, 0.2) is 34.8 Å². The van der Waals surface area contributed by atoms with E-state index in [0.29, 0.717) is 28.5 Å². The fourth-order valence-corrected chi connectivity index (χ4v) is 1.70. The largest absolute Gasteiger partial charge is 0.404 e. The van der Waals surface area contributed by atoms with E-state index in [1.165, 1.54) is 24.9 Å². The molecule has 5 nitrogen and oxygen atoms in total. The Morgan fingerprint density at radius 2 is 2.22 bits per heavy atom. The van der Waals surface area contributed by atoms with Crippen LogP contribution in [0.5, 0.6) is 0 Å². The fraction of sp³-hybridized carbons (Fsp3) is 0.167. The number of amidine groups is 1. The summed E-state index contributed by atoms with van der Waals surface area (Å²) in [5.74, 6) is 0.724. The van der Waals surface area contributed by atoms with Gasteiger partial charge >= 0.3 is 0 Å². The Morgan fingerprint density at radius 3 is 2.83 bits per heavy atom. The molecule has 0 aliphatic carbocycles. The van der Waals surface area contributed by atoms with Crippen molar-refractivity contribution in [1.82, 2.24) is 0 Å². The summed E-state index contributed by atoms with van der Waals surface area (Å²) in [6, 6.07) is 4.97. The molecule has 0 bridgehead atoms. The number of nitrogen functional groups attached to an aromatic ring is 1. The van der Waals surface area contributed by atoms with Crippen LogP contribution in [-0.4, -0.2) is 17.5 Å². The van der Waals surface area contributed by atoms with Crippen molar-refractivity contribution < 1.29 is 4.79 Å². The molecule has 18 heavy (non-hydrogen) atoms. The molecule has 0 radical (unpaired) electrons. The van der Waals surface area contributed by atoms with Crippen LogP contribution in [0.1, 0.15) is 22.8 Å². The average molecular weight is 264 g/mol. The smallest absolute Gasteiger partial charge is 0.159 e. The highest BCUT2D eigenvalue weighted by molar-refractivity contribution is 8.02. The van der Waals surface area contributed by atoms with Gasteiger partial charge in [0.05, 0.1) is 5.88 Å². The van der Waals surface area contributed by atoms with E-state index in [0.717, 1.165) is 0 Å². The third kappa shape index (κ3) is 3.81. The van der Waals surface area contributed by atoms with Crippen molar-refractivity contribution in [2.45, 2.75) is 6.92 Å². The zero-order valence-electron chi connectivity index (χ0n) is 10.1. The molecule has 1 rings (SSSR count). The Hall–Kier alpha value is -1.95. The van der Waals surface area contributed by atoms with Gasteiger partial charge in [0.2, 0.25) is 0 Å². The number of aliphatic imine (C=N–C) groups is 1. The van der Waals surface area contributed by atoms with Crippen LogP contribution in [0.25, 0.3) is 0 Å². The number of Topliss-reactive ketones (excluding diaryl/α,β-unsaturated/α-hetero) is 1. The summed E-state index contributed by atoms with van der Waals surface area (Å²) in [6.07, 6.45) is 1.43. The standard InChI is InChI=1S/C12H16N4OS/c1-8(17)9-2-3-11(14)10(6-9)12(15)16-7-18-5-4-13/h2-6H,7,13-14H2,1H3,(H2,15,16)/b5-4-. The first kappa shape index (κ1) is 14.1. The van der Waals surface area contributed by atoms with Crippen molar-refractivity contribution in [3.63, 3.8) is 0 Å². The molecule has 0 saturated carbocycles. The number of carbonyl (C=O) groups is 1. The lowest BCUT2D eigenvalue weighted by atomic mass is 10.1. The molecule has 1 aromatic rings. The van der Waals surface area contributed by atoms with E-state index in [1.54, 1.807) is 23.6 Å². The molecular weight excluding hydrogens is 248 g/mol. The number of anilines is 1. The molecule has 0 heterocycles. The average Bonchev–Trinajstić information content (AvgIpc) is 2.34. The Morgan fingerprint density at radius 1 is 1.50 bits per heavy atom. The number of carbonyl (C=O) groups excluding carboxylic acids is 1. The quantitative estimate of drug-likeness (QED) is 0.244. The molecule has 0 spiro atoms. The number of hydrogen-bond acceptors (Lipinski definition) is 5. The lowest BCUT2D eigenvalue weighted by molar-refractivity contribution is 0.101. The second-order valence-corrected chi connectivity index (χ2v) is 4.39. The van der Waals surface area contributed by atoms with Gasteiger partial charge < -0.3 is 17.2 Å². The summed E-state index contributed by atoms with van der Waals surface area (Å²) in [5, 5.41) is 1.71. The van der Waals surface area contributed by atoms with E-state index in [1.807, 2.05) is 0 Å². The topological polar surface area (TPSA) is 107 Å². The zero-order valence-corrected chi connectivity index (χ0v) is 10.9. The van der Waals surface area contributed by atoms with Crippen molar-refractivity contribution >= 4 is 29.1 Å². The van der Waals surface area contributed by atoms with E-state index < -0.39 is 0 Å². The highest BCUT2D eigenvalue weighted by Gasteiger charge is 2.07. The normalized spacial score (nSPS) is 11.9. The van der Waals surface area contributed by atoms with Crippen molar-refractivity contribution in [3.05, 3.63) is 40.9 Å². The molecule has 0 amide bonds. The lowest BCUT2D eigenvalue weighted by Crippen LogP contribution is -2.16. The monoisotopic (exact) mass is 264 g/mol. The van der Waals surface area contributed by atoms with Gasteiger partial charge in [-0.2, -0.15) is 0 Å². The van der Waals surface area contributed by atoms with Gasteiger partial charge in [0.1, 0.15) is 5.84 Å². The van der Waals surface area contributed by atoms with Crippen molar-refractivity contribution in [3.8, 4) is 0 Å². The van der Waals surface area contributed by atoms with Crippen molar-refractivity contribution in [2.75, 3.05) is 11.6 Å². The zero-order chi connectivity index (χ0) is 13.5. The Labute approximate surface area is 110 Å². The second kappa shape index (κ2) is 6.70. The molecule has 6 heteroatoms. The Kier molecular flexibility index (Phi) is 5.26. The summed E-state index contributed by atoms with van der Waals surface area (Å²) in [6.45, 7) is 1.49. The molecule has 6 N–H and O–H groups in total. The van der Waals surface area contributed by atoms with Gasteiger partial charge in [-0.3, -0.25) is 9.79 Å². The molecule has 0 aliphatic heterocycles. The fourth-order valence-electron chi connectivity index (χ4n) is 1.29. The molecule has 96 valence electrons. The predicted molar refractivity (Wildman–Crippen MR) is 77.4 cm³/mol. The number of rotatable bonds is 5. The molecule has 0 aromatic heterocycles. The molecule has 0 aliphatic rings. The third-order valence-corrected chi connectivity index (χ3v) is 2.85. The molecule has 0 saturated heterocycles. The van der Waals surface area contributed by atoms with Crippen LogP contribution in [0, 0.1) is 0 Å². The highest BCUT2D eigenvalue weighted by atomic mass is 32.2. The maximum atomic E-state index is 11.3. The van der Waals surface area contributed by atoms with E-state index in [9.17, 15) is 4.79 Å². The summed E-state index contributed by atoms with van der Waals surface area (Å²) in [4.78, 5) is 15.4. The number of benzene rings is 1. The van der Waals surface area contributed by atoms with Crippen LogP contribution < -0.4 is 17.2 Å². The SMILES string of the molecule is CC(=O)c1ccc(N)c(/C(N)=N/CS/C=C\N)c1. The van der Waals surface area contributed by atoms with E-state index in [2.05, 4.69) is 4.99 Å². The van der Waals surface area contributed by atoms with Gasteiger partial charge in [0, 0.05) is 23.0 Å². The third-order valence-electron chi connectivity index (χ3n) is 2.22. The number of thioether (sulfide) groups is 1. The van der Waals surface area contributed by atoms with Crippen LogP contribution >= 0.6 is 11.8 Å². The molecule has 0 unspecified atom stereocenters. The summed E-state index contributed by atoms with van der Waals surface area (Å²) < 4.78 is 0. The van der Waals surface area contributed by atoms with E-state index >= 15 is 0 Å². The number of hydrogen-bond donors (Lipinski definition) is 3. The highest BCUT2D eigenvalue weighted by Crippen LogP contribution is 2.15. The second-order valence-electron chi connectivity index (χ2n) is 3.53. The first-order valence-electron chi connectivity index (χ1n) is 5.25. The van der Waals surface area contributed by atoms with Crippen LogP contribution in [0.2, 0.25) is 0 Å². The maximum Gasteiger partial charge on any atom is 0.159 e. The van der Waals surface area contributed by atoms with E-state index in [4.69, 9.17) is 17.2 Å². The van der Waals surface area contributed by atoms with Gasteiger partial charge in [-0.25, -0.2) is 0 Å². The van der Waals surface area contributed by atoms with Gasteiger partial charge in [0.25, 0.3) is 0 Å². The van der Waals surface area contributed by atoms with Crippen LogP contribution in [-0.2, 0) is 0 Å². The number of nitrogens with two attached hydrogens (primary N) is 3. The first-order valence-corrected chi connectivity index (χ1v) is 6.30. The van der Waals surface area contributed by atoms with Gasteiger partial charge in [-0.05, 0) is 30.5 Å². The maximum absolute atomic E-state index is 11.3. The van der Waals surface area contributed by atoms with Crippen molar-refractivity contribution in [2.24, 2.45) is 16.5 Å². The number of ketones is 1. The Balaban J connectivity index is 2.93. The summed E-state index contributed by atoms with van der Waals surface area (Å²) >= 11 is 1.41. The van der Waals surface area contributed by atoms with Crippen molar-refractivity contribution in [1.29, 1.82) is 0 Å². The molecule has 0 atom stereocenters. The van der Waals surface area contributed by atoms with Gasteiger partial charge in [-0.1, -0.05) is 0 Å². The van der Waals surface area contributed by atoms with Crippen LogP contribution in [0.4, 0.5) is 5.69 Å². The Bertz CT molecular complexity index is 497. The molecular formula is C12H16N4OS. The molecule has 1 aromatic carbocycles. The van der Waals surface area contributed by atoms with Gasteiger partial charge in [0.15, 0.2) is 5.78 Å². The lowest BCUT2D eigenvalue weighted by Gasteiger charge is -2.06. The van der Waals surface area contributed by atoms with Gasteiger partial charge in [-0.15, -0.1) is 11.8 Å². The minimum absolute atomic E-state index is 0.0375. The summed E-state index contributed by atoms with van der Waals surface area (Å²) in [7, 11) is 0. The van der Waals surface area contributed by atoms with E-state index in [-0.39, 0.29) is 5.78 Å². The summed E-state index contributed by atoms with van der Waals surface area (Å²) in [5.41, 5.74) is 18.5. The minimum atomic E-state index is -0.0375. The predicted octanol–water partition coefficient (Wildman–Crippen LogP) is 1.30. The molecule has 0 fully saturated rings.